The van der Waals surface area contributed by atoms with Crippen LogP contribution in [0.3, 0.4) is 0 Å². The van der Waals surface area contributed by atoms with Crippen molar-refractivity contribution in [3.63, 3.8) is 0 Å². The fourth-order valence-electron chi connectivity index (χ4n) is 4.43. The molecule has 0 aliphatic carbocycles. The summed E-state index contributed by atoms with van der Waals surface area (Å²) in [4.78, 5) is 2.36. The maximum atomic E-state index is 9.27. The summed E-state index contributed by atoms with van der Waals surface area (Å²) in [6, 6.07) is 0. The summed E-state index contributed by atoms with van der Waals surface area (Å²) in [6.45, 7) is 7.11. The van der Waals surface area contributed by atoms with Gasteiger partial charge < -0.3 is 23.2 Å². The molecule has 0 spiro atoms. The molecule has 29 heavy (non-hydrogen) atoms. The molecule has 0 amide bonds. The minimum absolute atomic E-state index is 0. The highest BCUT2D eigenvalue weighted by atomic mass is 35.5. The summed E-state index contributed by atoms with van der Waals surface area (Å²) in [7, 11) is 0. The number of nitrogens with zero attached hydrogens (tertiary/aromatic N) is 2. The number of aliphatic hydroxyl groups excluding tert-OH is 1. The molecule has 4 nitrogen and oxygen atoms in total. The molecule has 5 heteroatoms. The maximum Gasteiger partial charge on any atom is 0.247 e. The molecule has 0 unspecified atom stereocenters. The van der Waals surface area contributed by atoms with Crippen molar-refractivity contribution < 1.29 is 22.1 Å². The standard InChI is InChI=1S/C24H50N3O.ClH/c1-2-3-4-5-6-7-8-9-10-11-12-13-14-15-16-17-24-26(19-18-25)20-21-27(24)22-23-28;/h28H,2-23,25H2,1H3;1H/q+1;/p-1. The zero-order chi connectivity index (χ0) is 20.3. The Morgan fingerprint density at radius 3 is 1.76 bits per heavy atom. The van der Waals surface area contributed by atoms with Crippen molar-refractivity contribution in [2.45, 2.75) is 110 Å². The molecule has 174 valence electrons. The molecule has 0 radical (unpaired) electrons. The number of hydrogen-bond acceptors (Lipinski definition) is 3. The van der Waals surface area contributed by atoms with Crippen LogP contribution >= 0.6 is 0 Å². The van der Waals surface area contributed by atoms with Gasteiger partial charge >= 0.3 is 0 Å². The van der Waals surface area contributed by atoms with Crippen LogP contribution in [0.4, 0.5) is 0 Å². The fraction of sp³-hybridized carbons (Fsp3) is 0.958. The van der Waals surface area contributed by atoms with Crippen LogP contribution in [0.15, 0.2) is 0 Å². The van der Waals surface area contributed by atoms with E-state index in [1.807, 2.05) is 0 Å². The van der Waals surface area contributed by atoms with Gasteiger partial charge in [-0.15, -0.1) is 0 Å². The minimum Gasteiger partial charge on any atom is -1.00 e. The maximum absolute atomic E-state index is 9.27. The van der Waals surface area contributed by atoms with E-state index >= 15 is 0 Å². The molecular formula is C24H50ClN3O. The number of aliphatic hydroxyl groups is 1. The highest BCUT2D eigenvalue weighted by molar-refractivity contribution is 5.78. The van der Waals surface area contributed by atoms with Gasteiger partial charge in [0.15, 0.2) is 0 Å². The van der Waals surface area contributed by atoms with Crippen LogP contribution in [-0.4, -0.2) is 59.7 Å². The summed E-state index contributed by atoms with van der Waals surface area (Å²) in [5.74, 6) is 1.43. The molecule has 0 aromatic heterocycles. The molecule has 1 rings (SSSR count). The highest BCUT2D eigenvalue weighted by Crippen LogP contribution is 2.15. The Hall–Kier alpha value is -0.320. The van der Waals surface area contributed by atoms with Crippen LogP contribution < -0.4 is 18.1 Å². The lowest BCUT2D eigenvalue weighted by atomic mass is 10.0. The highest BCUT2D eigenvalue weighted by Gasteiger charge is 2.28. The van der Waals surface area contributed by atoms with E-state index in [-0.39, 0.29) is 19.0 Å². The second-order valence-electron chi connectivity index (χ2n) is 8.60. The Kier molecular flexibility index (Phi) is 20.7. The number of amidine groups is 1. The van der Waals surface area contributed by atoms with Gasteiger partial charge in [0.2, 0.25) is 5.84 Å². The van der Waals surface area contributed by atoms with Gasteiger partial charge in [-0.25, -0.2) is 0 Å². The zero-order valence-corrected chi connectivity index (χ0v) is 20.1. The number of β-amino-alcohol motifs (C(OH)–C–C–N with tert-alkyl or cyclic N) is 1. The third-order valence-electron chi connectivity index (χ3n) is 6.14. The van der Waals surface area contributed by atoms with Crippen LogP contribution in [0.25, 0.3) is 0 Å². The molecule has 1 aliphatic rings. The SMILES string of the molecule is CCCCCCCCCCCCCCCCCC1=[N+](CCN)CCN1CCO.[Cl-]. The molecule has 0 aromatic rings. The number of rotatable bonds is 20. The molecule has 0 saturated carbocycles. The van der Waals surface area contributed by atoms with Crippen LogP contribution in [0.2, 0.25) is 0 Å². The molecule has 0 fully saturated rings. The lowest BCUT2D eigenvalue weighted by Gasteiger charge is -2.12. The monoisotopic (exact) mass is 431 g/mol. The van der Waals surface area contributed by atoms with Crippen molar-refractivity contribution in [3.8, 4) is 0 Å². The molecule has 0 aromatic carbocycles. The largest absolute Gasteiger partial charge is 1.00 e. The quantitative estimate of drug-likeness (QED) is 0.229. The first kappa shape index (κ1) is 28.7. The Morgan fingerprint density at radius 1 is 0.828 bits per heavy atom. The van der Waals surface area contributed by atoms with Gasteiger partial charge in [-0.3, -0.25) is 9.48 Å². The van der Waals surface area contributed by atoms with Crippen LogP contribution in [-0.2, 0) is 0 Å². The van der Waals surface area contributed by atoms with E-state index in [4.69, 9.17) is 5.73 Å². The summed E-state index contributed by atoms with van der Waals surface area (Å²) in [6.07, 6.45) is 22.3. The predicted octanol–water partition coefficient (Wildman–Crippen LogP) is 1.93. The molecular weight excluding hydrogens is 382 g/mol. The van der Waals surface area contributed by atoms with Gasteiger partial charge in [0, 0.05) is 13.0 Å². The summed E-state index contributed by atoms with van der Waals surface area (Å²) < 4.78 is 2.43. The van der Waals surface area contributed by atoms with E-state index in [1.165, 1.54) is 102 Å². The number of unbranched alkanes of at least 4 members (excludes halogenated alkanes) is 14. The molecule has 0 bridgehead atoms. The Bertz CT molecular complexity index is 390. The van der Waals surface area contributed by atoms with Crippen LogP contribution in [0, 0.1) is 0 Å². The zero-order valence-electron chi connectivity index (χ0n) is 19.4. The van der Waals surface area contributed by atoms with Crippen molar-refractivity contribution in [1.82, 2.24) is 4.90 Å². The molecule has 1 heterocycles. The van der Waals surface area contributed by atoms with E-state index in [0.29, 0.717) is 0 Å². The van der Waals surface area contributed by atoms with Crippen LogP contribution in [0.5, 0.6) is 0 Å². The van der Waals surface area contributed by atoms with Crippen molar-refractivity contribution in [2.75, 3.05) is 39.3 Å². The first-order valence-corrected chi connectivity index (χ1v) is 12.5. The van der Waals surface area contributed by atoms with E-state index in [9.17, 15) is 5.11 Å². The van der Waals surface area contributed by atoms with Crippen LogP contribution in [0.1, 0.15) is 110 Å². The number of nitrogens with two attached hydrogens (primary N) is 1. The van der Waals surface area contributed by atoms with Gasteiger partial charge in [-0.1, -0.05) is 96.8 Å². The van der Waals surface area contributed by atoms with Gasteiger partial charge in [0.05, 0.1) is 13.2 Å². The molecule has 1 aliphatic heterocycles. The van der Waals surface area contributed by atoms with Gasteiger partial charge in [-0.2, -0.15) is 0 Å². The fourth-order valence-corrected chi connectivity index (χ4v) is 4.43. The topological polar surface area (TPSA) is 52.5 Å². The van der Waals surface area contributed by atoms with E-state index in [2.05, 4.69) is 16.4 Å². The van der Waals surface area contributed by atoms with Gasteiger partial charge in [0.1, 0.15) is 19.6 Å². The number of hydrogen-bond donors (Lipinski definition) is 2. The van der Waals surface area contributed by atoms with Crippen molar-refractivity contribution >= 4 is 5.84 Å². The summed E-state index contributed by atoms with van der Waals surface area (Å²) >= 11 is 0. The second-order valence-corrected chi connectivity index (χ2v) is 8.60. The average Bonchev–Trinajstić information content (AvgIpc) is 3.07. The van der Waals surface area contributed by atoms with E-state index in [0.717, 1.165) is 39.1 Å². The Morgan fingerprint density at radius 2 is 1.31 bits per heavy atom. The van der Waals surface area contributed by atoms with Crippen molar-refractivity contribution in [2.24, 2.45) is 5.73 Å². The normalized spacial score (nSPS) is 14.0. The smallest absolute Gasteiger partial charge is 0.247 e. The molecule has 0 atom stereocenters. The minimum atomic E-state index is 0. The summed E-state index contributed by atoms with van der Waals surface area (Å²) in [5.41, 5.74) is 5.75. The second kappa shape index (κ2) is 20.9. The van der Waals surface area contributed by atoms with Crippen molar-refractivity contribution in [1.29, 1.82) is 0 Å². The van der Waals surface area contributed by atoms with E-state index in [1.54, 1.807) is 0 Å². The molecule has 0 saturated heterocycles. The Balaban J connectivity index is 0.00000784. The number of halogens is 1. The third kappa shape index (κ3) is 14.3. The molecule has 3 N–H and O–H groups in total. The Labute approximate surface area is 187 Å². The first-order chi connectivity index (χ1) is 13.8. The first-order valence-electron chi connectivity index (χ1n) is 12.5. The lowest BCUT2D eigenvalue weighted by molar-refractivity contribution is -0.516. The van der Waals surface area contributed by atoms with Gasteiger partial charge in [0.25, 0.3) is 0 Å². The summed E-state index contributed by atoms with van der Waals surface area (Å²) in [5, 5.41) is 9.27. The average molecular weight is 432 g/mol. The lowest BCUT2D eigenvalue weighted by Crippen LogP contribution is -3.00. The van der Waals surface area contributed by atoms with Crippen molar-refractivity contribution in [3.05, 3.63) is 0 Å². The third-order valence-corrected chi connectivity index (χ3v) is 6.14. The van der Waals surface area contributed by atoms with Gasteiger partial charge in [-0.05, 0) is 6.42 Å². The predicted molar refractivity (Wildman–Crippen MR) is 122 cm³/mol. The van der Waals surface area contributed by atoms with E-state index < -0.39 is 0 Å².